The monoisotopic (exact) mass is 203 g/mol. The zero-order valence-corrected chi connectivity index (χ0v) is 8.84. The molecule has 1 heterocycles. The van der Waals surface area contributed by atoms with Crippen molar-refractivity contribution in [3.8, 4) is 5.75 Å². The maximum Gasteiger partial charge on any atom is 0.118 e. The largest absolute Gasteiger partial charge is 0.497 e. The van der Waals surface area contributed by atoms with Crippen molar-refractivity contribution in [2.75, 3.05) is 7.11 Å². The van der Waals surface area contributed by atoms with Crippen molar-refractivity contribution >= 4 is 0 Å². The van der Waals surface area contributed by atoms with Gasteiger partial charge in [0.1, 0.15) is 5.75 Å². The lowest BCUT2D eigenvalue weighted by Gasteiger charge is -2.02. The molecule has 2 aromatic rings. The van der Waals surface area contributed by atoms with Crippen LogP contribution in [0.2, 0.25) is 0 Å². The SMILES string of the molecule is COc1ccc(Cn2cc(C)nn2)cc1. The Morgan fingerprint density at radius 3 is 2.53 bits per heavy atom. The van der Waals surface area contributed by atoms with Crippen LogP contribution < -0.4 is 4.74 Å². The predicted molar refractivity (Wildman–Crippen MR) is 56.9 cm³/mol. The molecule has 1 aromatic carbocycles. The van der Waals surface area contributed by atoms with E-state index in [1.165, 1.54) is 5.56 Å². The van der Waals surface area contributed by atoms with E-state index < -0.39 is 0 Å². The summed E-state index contributed by atoms with van der Waals surface area (Å²) in [5.41, 5.74) is 2.12. The molecular formula is C11H13N3O. The lowest BCUT2D eigenvalue weighted by atomic mass is 10.2. The molecule has 0 spiro atoms. The van der Waals surface area contributed by atoms with Crippen LogP contribution in [0, 0.1) is 6.92 Å². The summed E-state index contributed by atoms with van der Waals surface area (Å²) in [5, 5.41) is 7.92. The quantitative estimate of drug-likeness (QED) is 0.761. The lowest BCUT2D eigenvalue weighted by Crippen LogP contribution is -2.00. The summed E-state index contributed by atoms with van der Waals surface area (Å²) < 4.78 is 6.91. The normalized spacial score (nSPS) is 10.3. The molecular weight excluding hydrogens is 190 g/mol. The van der Waals surface area contributed by atoms with E-state index >= 15 is 0 Å². The first-order valence-electron chi connectivity index (χ1n) is 4.77. The molecule has 0 unspecified atom stereocenters. The van der Waals surface area contributed by atoms with Gasteiger partial charge in [0.05, 0.1) is 19.3 Å². The van der Waals surface area contributed by atoms with Gasteiger partial charge in [-0.3, -0.25) is 0 Å². The molecule has 0 aliphatic heterocycles. The van der Waals surface area contributed by atoms with Crippen LogP contribution in [0.1, 0.15) is 11.3 Å². The van der Waals surface area contributed by atoms with Gasteiger partial charge in [-0.2, -0.15) is 0 Å². The lowest BCUT2D eigenvalue weighted by molar-refractivity contribution is 0.414. The van der Waals surface area contributed by atoms with Crippen LogP contribution in [0.25, 0.3) is 0 Å². The average Bonchev–Trinajstić information content (AvgIpc) is 2.65. The highest BCUT2D eigenvalue weighted by atomic mass is 16.5. The fourth-order valence-corrected chi connectivity index (χ4v) is 1.39. The van der Waals surface area contributed by atoms with Crippen molar-refractivity contribution in [1.29, 1.82) is 0 Å². The molecule has 0 fully saturated rings. The topological polar surface area (TPSA) is 39.9 Å². The summed E-state index contributed by atoms with van der Waals surface area (Å²) in [5.74, 6) is 0.869. The molecule has 15 heavy (non-hydrogen) atoms. The Kier molecular flexibility index (Phi) is 2.67. The Labute approximate surface area is 88.5 Å². The van der Waals surface area contributed by atoms with Crippen LogP contribution in [-0.4, -0.2) is 22.1 Å². The fraction of sp³-hybridized carbons (Fsp3) is 0.273. The van der Waals surface area contributed by atoms with Gasteiger partial charge in [0.15, 0.2) is 0 Å². The number of aryl methyl sites for hydroxylation is 1. The molecule has 0 bridgehead atoms. The average molecular weight is 203 g/mol. The van der Waals surface area contributed by atoms with Gasteiger partial charge >= 0.3 is 0 Å². The number of hydrogen-bond donors (Lipinski definition) is 0. The highest BCUT2D eigenvalue weighted by molar-refractivity contribution is 5.27. The predicted octanol–water partition coefficient (Wildman–Crippen LogP) is 1.64. The Hall–Kier alpha value is -1.84. The van der Waals surface area contributed by atoms with Crippen LogP contribution in [-0.2, 0) is 6.54 Å². The Morgan fingerprint density at radius 1 is 1.27 bits per heavy atom. The van der Waals surface area contributed by atoms with Gasteiger partial charge in [0.2, 0.25) is 0 Å². The van der Waals surface area contributed by atoms with E-state index in [1.54, 1.807) is 7.11 Å². The number of nitrogens with zero attached hydrogens (tertiary/aromatic N) is 3. The smallest absolute Gasteiger partial charge is 0.118 e. The van der Waals surface area contributed by atoms with Crippen LogP contribution in [0.15, 0.2) is 30.5 Å². The number of benzene rings is 1. The number of rotatable bonds is 3. The minimum atomic E-state index is 0.741. The molecule has 0 N–H and O–H groups in total. The molecule has 1 aromatic heterocycles. The molecule has 0 aliphatic rings. The Bertz CT molecular complexity index is 433. The van der Waals surface area contributed by atoms with Crippen LogP contribution in [0.4, 0.5) is 0 Å². The van der Waals surface area contributed by atoms with Crippen molar-refractivity contribution < 1.29 is 4.74 Å². The summed E-state index contributed by atoms with van der Waals surface area (Å²) >= 11 is 0. The molecule has 0 amide bonds. The fourth-order valence-electron chi connectivity index (χ4n) is 1.39. The van der Waals surface area contributed by atoms with Gasteiger partial charge in [-0.25, -0.2) is 4.68 Å². The molecule has 0 saturated carbocycles. The van der Waals surface area contributed by atoms with Crippen LogP contribution >= 0.6 is 0 Å². The third-order valence-electron chi connectivity index (χ3n) is 2.16. The number of ether oxygens (including phenoxy) is 1. The van der Waals surface area contributed by atoms with Crippen LogP contribution in [0.3, 0.4) is 0 Å². The van der Waals surface area contributed by atoms with E-state index in [0.29, 0.717) is 0 Å². The maximum absolute atomic E-state index is 5.09. The van der Waals surface area contributed by atoms with Gasteiger partial charge in [-0.15, -0.1) is 5.10 Å². The summed E-state index contributed by atoms with van der Waals surface area (Å²) in [6.07, 6.45) is 1.92. The Balaban J connectivity index is 2.11. The van der Waals surface area contributed by atoms with E-state index in [0.717, 1.165) is 18.0 Å². The zero-order valence-electron chi connectivity index (χ0n) is 8.84. The summed E-state index contributed by atoms with van der Waals surface area (Å²) in [4.78, 5) is 0. The van der Waals surface area contributed by atoms with Crippen LogP contribution in [0.5, 0.6) is 5.75 Å². The molecule has 2 rings (SSSR count). The third-order valence-corrected chi connectivity index (χ3v) is 2.16. The second-order valence-corrected chi connectivity index (χ2v) is 3.41. The maximum atomic E-state index is 5.09. The standard InChI is InChI=1S/C11H13N3O/c1-9-7-14(13-12-9)8-10-3-5-11(15-2)6-4-10/h3-7H,8H2,1-2H3. The first kappa shape index (κ1) is 9.71. The van der Waals surface area contributed by atoms with Crippen molar-refractivity contribution in [3.63, 3.8) is 0 Å². The minimum absolute atomic E-state index is 0.741. The van der Waals surface area contributed by atoms with E-state index in [-0.39, 0.29) is 0 Å². The molecule has 0 aliphatic carbocycles. The van der Waals surface area contributed by atoms with E-state index in [9.17, 15) is 0 Å². The molecule has 0 atom stereocenters. The summed E-state index contributed by atoms with van der Waals surface area (Å²) in [6, 6.07) is 7.93. The summed E-state index contributed by atoms with van der Waals surface area (Å²) in [6.45, 7) is 2.67. The van der Waals surface area contributed by atoms with Crippen molar-refractivity contribution in [2.45, 2.75) is 13.5 Å². The first-order valence-corrected chi connectivity index (χ1v) is 4.77. The van der Waals surface area contributed by atoms with Gasteiger partial charge in [0, 0.05) is 6.20 Å². The number of methoxy groups -OCH3 is 1. The Morgan fingerprint density at radius 2 is 2.00 bits per heavy atom. The molecule has 0 saturated heterocycles. The molecule has 4 nitrogen and oxygen atoms in total. The highest BCUT2D eigenvalue weighted by Gasteiger charge is 1.98. The highest BCUT2D eigenvalue weighted by Crippen LogP contribution is 2.11. The minimum Gasteiger partial charge on any atom is -0.497 e. The van der Waals surface area contributed by atoms with Crippen molar-refractivity contribution in [1.82, 2.24) is 15.0 Å². The first-order chi connectivity index (χ1) is 7.28. The van der Waals surface area contributed by atoms with Gasteiger partial charge in [-0.05, 0) is 24.6 Å². The van der Waals surface area contributed by atoms with Crippen molar-refractivity contribution in [3.05, 3.63) is 41.7 Å². The summed E-state index contributed by atoms with van der Waals surface area (Å²) in [7, 11) is 1.66. The van der Waals surface area contributed by atoms with E-state index in [1.807, 2.05) is 42.1 Å². The molecule has 0 radical (unpaired) electrons. The van der Waals surface area contributed by atoms with Gasteiger partial charge in [-0.1, -0.05) is 17.3 Å². The second-order valence-electron chi connectivity index (χ2n) is 3.41. The van der Waals surface area contributed by atoms with Gasteiger partial charge < -0.3 is 4.74 Å². The third kappa shape index (κ3) is 2.34. The van der Waals surface area contributed by atoms with E-state index in [4.69, 9.17) is 4.74 Å². The zero-order chi connectivity index (χ0) is 10.7. The molecule has 78 valence electrons. The second kappa shape index (κ2) is 4.13. The number of hydrogen-bond acceptors (Lipinski definition) is 3. The van der Waals surface area contributed by atoms with Gasteiger partial charge in [0.25, 0.3) is 0 Å². The number of aromatic nitrogens is 3. The van der Waals surface area contributed by atoms with Crippen molar-refractivity contribution in [2.24, 2.45) is 0 Å². The molecule has 4 heteroatoms. The van der Waals surface area contributed by atoms with E-state index in [2.05, 4.69) is 10.3 Å².